The number of esters is 1. The Bertz CT molecular complexity index is 784. The molecule has 0 unspecified atom stereocenters. The number of para-hydroxylation sites is 1. The Labute approximate surface area is 161 Å². The van der Waals surface area contributed by atoms with Crippen LogP contribution in [0.15, 0.2) is 36.4 Å². The summed E-state index contributed by atoms with van der Waals surface area (Å²) < 4.78 is 10.6. The molecule has 6 nitrogen and oxygen atoms in total. The molecule has 0 fully saturated rings. The lowest BCUT2D eigenvalue weighted by Gasteiger charge is -2.16. The van der Waals surface area contributed by atoms with Gasteiger partial charge in [-0.05, 0) is 31.5 Å². The van der Waals surface area contributed by atoms with E-state index >= 15 is 0 Å². The number of halogens is 2. The number of carbonyl (C=O) groups excluding carboxylic acids is 2. The molecule has 0 aliphatic rings. The fraction of sp³-hybridized carbons (Fsp3) is 0.278. The maximum atomic E-state index is 12.1. The summed E-state index contributed by atoms with van der Waals surface area (Å²) in [7, 11) is 0. The fourth-order valence-corrected chi connectivity index (χ4v) is 2.41. The van der Waals surface area contributed by atoms with Crippen LogP contribution < -0.4 is 10.1 Å². The highest BCUT2D eigenvalue weighted by Gasteiger charge is 2.21. The van der Waals surface area contributed by atoms with E-state index in [1.54, 1.807) is 38.1 Å². The monoisotopic (exact) mass is 396 g/mol. The molecule has 2 rings (SSSR count). The highest BCUT2D eigenvalue weighted by molar-refractivity contribution is 6.36. The second-order valence-electron chi connectivity index (χ2n) is 5.37. The lowest BCUT2D eigenvalue weighted by atomic mass is 10.2. The van der Waals surface area contributed by atoms with Crippen molar-refractivity contribution in [2.45, 2.75) is 26.4 Å². The molecule has 138 valence electrons. The molecule has 26 heavy (non-hydrogen) atoms. The standard InChI is InChI=1S/C18H18Cl2N2O4/c1-3-15(26-12-7-5-4-6-8-12)18(24)25-10-16(23)22-17-14(20)9-13(19)11(2)21-17/h4-9,15H,3,10H2,1-2H3,(H,21,22,23)/t15-/m0/s1. The Kier molecular flexibility index (Phi) is 7.24. The minimum absolute atomic E-state index is 0.155. The van der Waals surface area contributed by atoms with Crippen molar-refractivity contribution in [3.05, 3.63) is 52.1 Å². The predicted molar refractivity (Wildman–Crippen MR) is 99.7 cm³/mol. The first kappa shape index (κ1) is 20.0. The number of pyridine rings is 1. The summed E-state index contributed by atoms with van der Waals surface area (Å²) >= 11 is 11.9. The lowest BCUT2D eigenvalue weighted by molar-refractivity contribution is -0.154. The van der Waals surface area contributed by atoms with Gasteiger partial charge in [-0.25, -0.2) is 9.78 Å². The maximum absolute atomic E-state index is 12.1. The van der Waals surface area contributed by atoms with E-state index in [2.05, 4.69) is 10.3 Å². The molecule has 0 radical (unpaired) electrons. The fourth-order valence-electron chi connectivity index (χ4n) is 2.01. The molecule has 8 heteroatoms. The number of benzene rings is 1. The van der Waals surface area contributed by atoms with Crippen molar-refractivity contribution in [1.29, 1.82) is 0 Å². The van der Waals surface area contributed by atoms with Gasteiger partial charge >= 0.3 is 5.97 Å². The van der Waals surface area contributed by atoms with Crippen LogP contribution in [-0.4, -0.2) is 29.6 Å². The summed E-state index contributed by atoms with van der Waals surface area (Å²) in [5.74, 6) is -0.488. The smallest absolute Gasteiger partial charge is 0.347 e. The molecule has 1 N–H and O–H groups in total. The largest absolute Gasteiger partial charge is 0.479 e. The first-order valence-corrected chi connectivity index (χ1v) is 8.67. The first-order chi connectivity index (χ1) is 12.4. The number of carbonyl (C=O) groups is 2. The molecule has 2 aromatic rings. The minimum Gasteiger partial charge on any atom is -0.479 e. The van der Waals surface area contributed by atoms with Crippen LogP contribution in [0.2, 0.25) is 10.0 Å². The van der Waals surface area contributed by atoms with Gasteiger partial charge in [0.25, 0.3) is 5.91 Å². The van der Waals surface area contributed by atoms with Gasteiger partial charge in [-0.2, -0.15) is 0 Å². The van der Waals surface area contributed by atoms with Gasteiger partial charge in [0.05, 0.1) is 15.7 Å². The zero-order valence-corrected chi connectivity index (χ0v) is 15.8. The van der Waals surface area contributed by atoms with Crippen molar-refractivity contribution in [1.82, 2.24) is 4.98 Å². The van der Waals surface area contributed by atoms with Crippen LogP contribution in [-0.2, 0) is 14.3 Å². The molecule has 0 bridgehead atoms. The number of rotatable bonds is 7. The highest BCUT2D eigenvalue weighted by Crippen LogP contribution is 2.25. The van der Waals surface area contributed by atoms with Gasteiger partial charge in [0.2, 0.25) is 0 Å². The Morgan fingerprint density at radius 3 is 2.54 bits per heavy atom. The molecular formula is C18H18Cl2N2O4. The topological polar surface area (TPSA) is 77.5 Å². The van der Waals surface area contributed by atoms with Crippen LogP contribution in [0.25, 0.3) is 0 Å². The Balaban J connectivity index is 1.89. The van der Waals surface area contributed by atoms with E-state index in [4.69, 9.17) is 32.7 Å². The van der Waals surface area contributed by atoms with E-state index in [0.29, 0.717) is 22.9 Å². The third-order valence-corrected chi connectivity index (χ3v) is 4.03. The van der Waals surface area contributed by atoms with Crippen molar-refractivity contribution >= 4 is 40.9 Å². The van der Waals surface area contributed by atoms with E-state index in [9.17, 15) is 9.59 Å². The SMILES string of the molecule is CC[C@H](Oc1ccccc1)C(=O)OCC(=O)Nc1nc(C)c(Cl)cc1Cl. The van der Waals surface area contributed by atoms with Crippen molar-refractivity contribution in [2.24, 2.45) is 0 Å². The number of nitrogens with one attached hydrogen (secondary N) is 1. The molecule has 0 saturated carbocycles. The number of amides is 1. The van der Waals surface area contributed by atoms with Gasteiger partial charge < -0.3 is 14.8 Å². The van der Waals surface area contributed by atoms with Crippen LogP contribution in [0.3, 0.4) is 0 Å². The van der Waals surface area contributed by atoms with Crippen molar-refractivity contribution in [2.75, 3.05) is 11.9 Å². The van der Waals surface area contributed by atoms with Gasteiger partial charge in [0, 0.05) is 0 Å². The van der Waals surface area contributed by atoms with Gasteiger partial charge in [-0.15, -0.1) is 0 Å². The van der Waals surface area contributed by atoms with Crippen LogP contribution in [0, 0.1) is 6.92 Å². The Morgan fingerprint density at radius 1 is 1.19 bits per heavy atom. The number of anilines is 1. The van der Waals surface area contributed by atoms with Gasteiger partial charge in [-0.1, -0.05) is 48.3 Å². The summed E-state index contributed by atoms with van der Waals surface area (Å²) in [6, 6.07) is 10.4. The molecule has 0 saturated heterocycles. The summed E-state index contributed by atoms with van der Waals surface area (Å²) in [5.41, 5.74) is 0.519. The predicted octanol–water partition coefficient (Wildman–Crippen LogP) is 4.04. The minimum atomic E-state index is -0.801. The second-order valence-corrected chi connectivity index (χ2v) is 6.18. The lowest BCUT2D eigenvalue weighted by Crippen LogP contribution is -2.31. The van der Waals surface area contributed by atoms with Crippen molar-refractivity contribution in [3.8, 4) is 5.75 Å². The Morgan fingerprint density at radius 2 is 1.88 bits per heavy atom. The zero-order valence-electron chi connectivity index (χ0n) is 14.3. The molecule has 0 aliphatic carbocycles. The van der Waals surface area contributed by atoms with E-state index in [-0.39, 0.29) is 10.8 Å². The molecular weight excluding hydrogens is 379 g/mol. The number of hydrogen-bond donors (Lipinski definition) is 1. The third kappa shape index (κ3) is 5.61. The van der Waals surface area contributed by atoms with Gasteiger partial charge in [-0.3, -0.25) is 4.79 Å². The molecule has 1 atom stereocenters. The average molecular weight is 397 g/mol. The summed E-state index contributed by atoms with van der Waals surface area (Å²) in [6.45, 7) is 2.99. The number of nitrogens with zero attached hydrogens (tertiary/aromatic N) is 1. The summed E-state index contributed by atoms with van der Waals surface area (Å²) in [6.07, 6.45) is -0.399. The number of aryl methyl sites for hydroxylation is 1. The molecule has 1 aromatic carbocycles. The molecule has 0 aliphatic heterocycles. The van der Waals surface area contributed by atoms with Crippen molar-refractivity contribution < 1.29 is 19.1 Å². The summed E-state index contributed by atoms with van der Waals surface area (Å²) in [5, 5.41) is 3.07. The van der Waals surface area contributed by atoms with Crippen LogP contribution in [0.1, 0.15) is 19.0 Å². The van der Waals surface area contributed by atoms with E-state index in [0.717, 1.165) is 0 Å². The normalized spacial score (nSPS) is 11.5. The van der Waals surface area contributed by atoms with E-state index in [1.807, 2.05) is 6.07 Å². The van der Waals surface area contributed by atoms with E-state index < -0.39 is 24.6 Å². The van der Waals surface area contributed by atoms with Crippen LogP contribution >= 0.6 is 23.2 Å². The maximum Gasteiger partial charge on any atom is 0.347 e. The van der Waals surface area contributed by atoms with Gasteiger partial charge in [0.1, 0.15) is 5.75 Å². The van der Waals surface area contributed by atoms with Crippen LogP contribution in [0.4, 0.5) is 5.82 Å². The first-order valence-electron chi connectivity index (χ1n) is 7.91. The number of aromatic nitrogens is 1. The highest BCUT2D eigenvalue weighted by atomic mass is 35.5. The van der Waals surface area contributed by atoms with Gasteiger partial charge in [0.15, 0.2) is 18.5 Å². The molecule has 0 spiro atoms. The second kappa shape index (κ2) is 9.40. The molecule has 1 amide bonds. The van der Waals surface area contributed by atoms with Crippen molar-refractivity contribution in [3.63, 3.8) is 0 Å². The summed E-state index contributed by atoms with van der Waals surface area (Å²) in [4.78, 5) is 28.2. The number of hydrogen-bond acceptors (Lipinski definition) is 5. The number of ether oxygens (including phenoxy) is 2. The van der Waals surface area contributed by atoms with E-state index in [1.165, 1.54) is 6.07 Å². The average Bonchev–Trinajstić information content (AvgIpc) is 2.63. The molecule has 1 aromatic heterocycles. The Hall–Kier alpha value is -2.31. The van der Waals surface area contributed by atoms with Crippen LogP contribution in [0.5, 0.6) is 5.75 Å². The zero-order chi connectivity index (χ0) is 19.1. The quantitative estimate of drug-likeness (QED) is 0.714. The molecule has 1 heterocycles. The third-order valence-electron chi connectivity index (χ3n) is 3.36.